The predicted octanol–water partition coefficient (Wildman–Crippen LogP) is 3.37. The minimum atomic E-state index is 0.826. The van der Waals surface area contributed by atoms with Gasteiger partial charge in [0.25, 0.3) is 0 Å². The molecule has 0 saturated heterocycles. The Kier molecular flexibility index (Phi) is 4.44. The van der Waals surface area contributed by atoms with Crippen LogP contribution in [0.25, 0.3) is 11.2 Å². The van der Waals surface area contributed by atoms with Crippen LogP contribution >= 0.6 is 0 Å². The van der Waals surface area contributed by atoms with E-state index in [9.17, 15) is 0 Å². The van der Waals surface area contributed by atoms with E-state index in [-0.39, 0.29) is 0 Å². The molecule has 0 bridgehead atoms. The number of fused-ring (bicyclic) bond motifs is 2. The second kappa shape index (κ2) is 7.08. The van der Waals surface area contributed by atoms with Crippen LogP contribution in [0.5, 0.6) is 0 Å². The van der Waals surface area contributed by atoms with Crippen molar-refractivity contribution in [2.24, 2.45) is 13.0 Å². The lowest BCUT2D eigenvalue weighted by Crippen LogP contribution is -2.31. The van der Waals surface area contributed by atoms with Crippen molar-refractivity contribution in [2.75, 3.05) is 6.54 Å². The van der Waals surface area contributed by atoms with Crippen molar-refractivity contribution in [3.05, 3.63) is 41.1 Å². The van der Waals surface area contributed by atoms with E-state index >= 15 is 0 Å². The van der Waals surface area contributed by atoms with Gasteiger partial charge in [-0.2, -0.15) is 5.10 Å². The van der Waals surface area contributed by atoms with Crippen LogP contribution in [0.4, 0.5) is 0 Å². The number of aryl methyl sites for hydroxylation is 1. The standard InChI is InChI=1S/C21H28N6/c1-26-20(23-18-8-5-10-22-21(18)26)14-27-11-9-17-16(13-27)19(25-24-17)12-15-6-3-2-4-7-15/h5,8,10,15H,2-4,6-7,9,11-14H2,1H3,(H,24,25). The second-order valence-corrected chi connectivity index (χ2v) is 8.23. The maximum absolute atomic E-state index is 4.80. The molecule has 1 fully saturated rings. The summed E-state index contributed by atoms with van der Waals surface area (Å²) in [7, 11) is 2.07. The van der Waals surface area contributed by atoms with Gasteiger partial charge in [-0.3, -0.25) is 10.00 Å². The van der Waals surface area contributed by atoms with Crippen molar-refractivity contribution >= 4 is 11.2 Å². The number of nitrogens with zero attached hydrogens (tertiary/aromatic N) is 5. The van der Waals surface area contributed by atoms with Crippen LogP contribution in [-0.2, 0) is 33.0 Å². The number of aromatic nitrogens is 5. The Labute approximate surface area is 160 Å². The van der Waals surface area contributed by atoms with Gasteiger partial charge >= 0.3 is 0 Å². The molecular formula is C21H28N6. The average Bonchev–Trinajstić information content (AvgIpc) is 3.24. The molecule has 27 heavy (non-hydrogen) atoms. The normalized spacial score (nSPS) is 18.9. The summed E-state index contributed by atoms with van der Waals surface area (Å²) < 4.78 is 2.13. The summed E-state index contributed by atoms with van der Waals surface area (Å²) in [5.41, 5.74) is 6.06. The quantitative estimate of drug-likeness (QED) is 0.771. The first-order valence-electron chi connectivity index (χ1n) is 10.3. The van der Waals surface area contributed by atoms with Crippen LogP contribution in [0.2, 0.25) is 0 Å². The van der Waals surface area contributed by atoms with Gasteiger partial charge in [-0.05, 0) is 24.5 Å². The summed E-state index contributed by atoms with van der Waals surface area (Å²) in [6.45, 7) is 2.89. The monoisotopic (exact) mass is 364 g/mol. The number of hydrogen-bond acceptors (Lipinski definition) is 4. The molecule has 0 amide bonds. The average molecular weight is 364 g/mol. The largest absolute Gasteiger partial charge is 0.315 e. The van der Waals surface area contributed by atoms with Crippen molar-refractivity contribution in [1.29, 1.82) is 0 Å². The van der Waals surface area contributed by atoms with Crippen molar-refractivity contribution in [3.63, 3.8) is 0 Å². The van der Waals surface area contributed by atoms with Crippen LogP contribution in [0.1, 0.15) is 54.9 Å². The van der Waals surface area contributed by atoms with Crippen molar-refractivity contribution in [2.45, 2.75) is 58.0 Å². The molecule has 3 aromatic rings. The molecule has 1 aliphatic carbocycles. The first kappa shape index (κ1) is 16.9. The van der Waals surface area contributed by atoms with Crippen LogP contribution < -0.4 is 0 Å². The van der Waals surface area contributed by atoms with E-state index in [2.05, 4.69) is 26.6 Å². The Morgan fingerprint density at radius 1 is 1.22 bits per heavy atom. The highest BCUT2D eigenvalue weighted by atomic mass is 15.2. The van der Waals surface area contributed by atoms with E-state index in [0.29, 0.717) is 0 Å². The van der Waals surface area contributed by atoms with E-state index < -0.39 is 0 Å². The van der Waals surface area contributed by atoms with Gasteiger partial charge in [0, 0.05) is 44.0 Å². The molecular weight excluding hydrogens is 336 g/mol. The fraction of sp³-hybridized carbons (Fsp3) is 0.571. The molecule has 6 heteroatoms. The van der Waals surface area contributed by atoms with E-state index in [0.717, 1.165) is 55.4 Å². The summed E-state index contributed by atoms with van der Waals surface area (Å²) in [4.78, 5) is 11.8. The van der Waals surface area contributed by atoms with Crippen molar-refractivity contribution in [1.82, 2.24) is 29.6 Å². The Bertz CT molecular complexity index is 933. The van der Waals surface area contributed by atoms with E-state index in [4.69, 9.17) is 10.1 Å². The molecule has 0 aromatic carbocycles. The molecule has 1 saturated carbocycles. The lowest BCUT2D eigenvalue weighted by atomic mass is 9.85. The maximum Gasteiger partial charge on any atom is 0.159 e. The number of pyridine rings is 1. The molecule has 1 N–H and O–H groups in total. The van der Waals surface area contributed by atoms with Crippen molar-refractivity contribution < 1.29 is 0 Å². The summed E-state index contributed by atoms with van der Waals surface area (Å²) in [5, 5.41) is 8.03. The lowest BCUT2D eigenvalue weighted by Gasteiger charge is -2.27. The smallest absolute Gasteiger partial charge is 0.159 e. The molecule has 0 spiro atoms. The third kappa shape index (κ3) is 3.27. The van der Waals surface area contributed by atoms with Gasteiger partial charge in [0.2, 0.25) is 0 Å². The van der Waals surface area contributed by atoms with Crippen LogP contribution in [-0.4, -0.2) is 36.2 Å². The number of hydrogen-bond donors (Lipinski definition) is 1. The number of nitrogens with one attached hydrogen (secondary N) is 1. The molecule has 6 nitrogen and oxygen atoms in total. The van der Waals surface area contributed by atoms with Crippen LogP contribution in [0.15, 0.2) is 18.3 Å². The Morgan fingerprint density at radius 2 is 2.11 bits per heavy atom. The Balaban J connectivity index is 1.32. The summed E-state index contributed by atoms with van der Waals surface area (Å²) in [6, 6.07) is 3.99. The first-order valence-corrected chi connectivity index (χ1v) is 10.3. The predicted molar refractivity (Wildman–Crippen MR) is 105 cm³/mol. The SMILES string of the molecule is Cn1c(CN2CCc3[nH]nc(CC4CCCCC4)c3C2)nc2cccnc21. The van der Waals surface area contributed by atoms with Gasteiger partial charge in [0.1, 0.15) is 11.3 Å². The first-order chi connectivity index (χ1) is 13.3. The lowest BCUT2D eigenvalue weighted by molar-refractivity contribution is 0.235. The summed E-state index contributed by atoms with van der Waals surface area (Å²) >= 11 is 0. The molecule has 2 aliphatic rings. The second-order valence-electron chi connectivity index (χ2n) is 8.23. The highest BCUT2D eigenvalue weighted by molar-refractivity contribution is 5.70. The molecule has 142 valence electrons. The molecule has 0 unspecified atom stereocenters. The minimum absolute atomic E-state index is 0.826. The number of H-pyrrole nitrogens is 1. The molecule has 3 aromatic heterocycles. The van der Waals surface area contributed by atoms with Crippen molar-refractivity contribution in [3.8, 4) is 0 Å². The van der Waals surface area contributed by atoms with Gasteiger partial charge in [0.05, 0.1) is 12.2 Å². The van der Waals surface area contributed by atoms with Gasteiger partial charge in [-0.15, -0.1) is 0 Å². The van der Waals surface area contributed by atoms with E-state index in [1.54, 1.807) is 0 Å². The number of rotatable bonds is 4. The molecule has 0 radical (unpaired) electrons. The topological polar surface area (TPSA) is 62.6 Å². The summed E-state index contributed by atoms with van der Waals surface area (Å²) in [6.07, 6.45) is 11.0. The van der Waals surface area contributed by atoms with Gasteiger partial charge in [0.15, 0.2) is 5.65 Å². The van der Waals surface area contributed by atoms with E-state index in [1.807, 2.05) is 18.3 Å². The Morgan fingerprint density at radius 3 is 2.96 bits per heavy atom. The fourth-order valence-electron chi connectivity index (χ4n) is 4.79. The van der Waals surface area contributed by atoms with Gasteiger partial charge in [-0.25, -0.2) is 9.97 Å². The van der Waals surface area contributed by atoms with Crippen LogP contribution in [0.3, 0.4) is 0 Å². The molecule has 5 rings (SSSR count). The van der Waals surface area contributed by atoms with Gasteiger partial charge in [-0.1, -0.05) is 32.1 Å². The van der Waals surface area contributed by atoms with Crippen LogP contribution in [0, 0.1) is 5.92 Å². The Hall–Kier alpha value is -2.21. The summed E-state index contributed by atoms with van der Waals surface area (Å²) in [5.74, 6) is 1.91. The zero-order valence-electron chi connectivity index (χ0n) is 16.1. The minimum Gasteiger partial charge on any atom is -0.315 e. The number of imidazole rings is 1. The third-order valence-electron chi connectivity index (χ3n) is 6.39. The molecule has 0 atom stereocenters. The van der Waals surface area contributed by atoms with E-state index in [1.165, 1.54) is 49.1 Å². The highest BCUT2D eigenvalue weighted by Gasteiger charge is 2.25. The fourth-order valence-corrected chi connectivity index (χ4v) is 4.79. The highest BCUT2D eigenvalue weighted by Crippen LogP contribution is 2.30. The molecule has 4 heterocycles. The van der Waals surface area contributed by atoms with Gasteiger partial charge < -0.3 is 4.57 Å². The zero-order chi connectivity index (χ0) is 18.2. The molecule has 1 aliphatic heterocycles. The zero-order valence-corrected chi connectivity index (χ0v) is 16.1. The number of aromatic amines is 1. The maximum atomic E-state index is 4.80. The third-order valence-corrected chi connectivity index (χ3v) is 6.39.